The summed E-state index contributed by atoms with van der Waals surface area (Å²) in [6, 6.07) is 3.81. The molecule has 0 unspecified atom stereocenters. The Morgan fingerprint density at radius 2 is 1.89 bits per heavy atom. The molecule has 1 saturated carbocycles. The number of nitrogens with zero attached hydrogens (tertiary/aromatic N) is 2. The number of halogens is 3. The lowest BCUT2D eigenvalue weighted by Crippen LogP contribution is -2.53. The van der Waals surface area contributed by atoms with Crippen LogP contribution in [0.1, 0.15) is 57.1 Å². The van der Waals surface area contributed by atoms with E-state index in [1.807, 2.05) is 13.8 Å². The van der Waals surface area contributed by atoms with Crippen LogP contribution in [0.4, 0.5) is 23.7 Å². The lowest BCUT2D eigenvalue weighted by molar-refractivity contribution is -0.145. The van der Waals surface area contributed by atoms with E-state index in [1.54, 1.807) is 0 Å². The van der Waals surface area contributed by atoms with E-state index in [-0.39, 0.29) is 36.6 Å². The summed E-state index contributed by atoms with van der Waals surface area (Å²) >= 11 is 0. The van der Waals surface area contributed by atoms with Crippen LogP contribution in [0.15, 0.2) is 18.2 Å². The molecule has 1 aromatic carbocycles. The minimum Gasteiger partial charge on any atom is -0.452 e. The first-order valence-corrected chi connectivity index (χ1v) is 12.2. The van der Waals surface area contributed by atoms with Crippen molar-refractivity contribution in [3.63, 3.8) is 0 Å². The second-order valence-electron chi connectivity index (χ2n) is 10.2. The maximum absolute atomic E-state index is 14.0. The number of carbonyl (C=O) groups excluding carboxylic acids is 2. The summed E-state index contributed by atoms with van der Waals surface area (Å²) in [4.78, 5) is 29.3. The van der Waals surface area contributed by atoms with Crippen LogP contribution >= 0.6 is 0 Å². The standard InChI is InChI=1S/C25H34F3N3O4/c1-16(2)24(9-6-20(13-24)29-19-7-10-35-11-8-19)22(32)30-14-17-12-18(25(26,27)28)4-5-21(17)31(15-30)23(33)34-3/h4-5,12,16,19-20,29H,6-11,13-15H2,1-3H3/t20-,24+/m1/s1. The maximum Gasteiger partial charge on any atom is 0.416 e. The number of anilines is 1. The first-order valence-electron chi connectivity index (χ1n) is 12.2. The third-order valence-electron chi connectivity index (χ3n) is 7.83. The summed E-state index contributed by atoms with van der Waals surface area (Å²) in [5.41, 5.74) is -0.851. The fourth-order valence-corrected chi connectivity index (χ4v) is 5.75. The normalized spacial score (nSPS) is 25.6. The van der Waals surface area contributed by atoms with Crippen molar-refractivity contribution in [1.29, 1.82) is 0 Å². The monoisotopic (exact) mass is 497 g/mol. The fourth-order valence-electron chi connectivity index (χ4n) is 5.75. The van der Waals surface area contributed by atoms with E-state index in [9.17, 15) is 22.8 Å². The fraction of sp³-hybridized carbons (Fsp3) is 0.680. The van der Waals surface area contributed by atoms with Gasteiger partial charge in [0.25, 0.3) is 0 Å². The van der Waals surface area contributed by atoms with Crippen molar-refractivity contribution in [2.75, 3.05) is 31.9 Å². The smallest absolute Gasteiger partial charge is 0.416 e. The molecular formula is C25H34F3N3O4. The summed E-state index contributed by atoms with van der Waals surface area (Å²) < 4.78 is 50.5. The lowest BCUT2D eigenvalue weighted by atomic mass is 9.74. The van der Waals surface area contributed by atoms with Crippen LogP contribution in [0.3, 0.4) is 0 Å². The average molecular weight is 498 g/mol. The largest absolute Gasteiger partial charge is 0.452 e. The van der Waals surface area contributed by atoms with Gasteiger partial charge < -0.3 is 19.7 Å². The Morgan fingerprint density at radius 3 is 2.51 bits per heavy atom. The van der Waals surface area contributed by atoms with Gasteiger partial charge in [0.1, 0.15) is 6.67 Å². The summed E-state index contributed by atoms with van der Waals surface area (Å²) in [5.74, 6) is -0.0910. The molecule has 4 rings (SSSR count). The predicted molar refractivity (Wildman–Crippen MR) is 124 cm³/mol. The molecule has 1 saturated heterocycles. The number of amides is 2. The first-order chi connectivity index (χ1) is 16.5. The Kier molecular flexibility index (Phi) is 7.33. The summed E-state index contributed by atoms with van der Waals surface area (Å²) in [5, 5.41) is 3.70. The highest BCUT2D eigenvalue weighted by Crippen LogP contribution is 2.47. The number of hydrogen-bond acceptors (Lipinski definition) is 5. The van der Waals surface area contributed by atoms with Gasteiger partial charge in [0, 0.05) is 31.8 Å². The topological polar surface area (TPSA) is 71.1 Å². The van der Waals surface area contributed by atoms with Crippen LogP contribution in [0.25, 0.3) is 0 Å². The molecule has 2 aliphatic heterocycles. The summed E-state index contributed by atoms with van der Waals surface area (Å²) in [7, 11) is 1.21. The number of hydrogen-bond donors (Lipinski definition) is 1. The van der Waals surface area contributed by atoms with Gasteiger partial charge in [-0.3, -0.25) is 9.69 Å². The first kappa shape index (κ1) is 25.8. The molecule has 10 heteroatoms. The number of methoxy groups -OCH3 is 1. The van der Waals surface area contributed by atoms with Crippen LogP contribution in [0.5, 0.6) is 0 Å². The van der Waals surface area contributed by atoms with E-state index in [1.165, 1.54) is 23.0 Å². The van der Waals surface area contributed by atoms with Crippen molar-refractivity contribution >= 4 is 17.7 Å². The number of ether oxygens (including phenoxy) is 2. The molecule has 1 N–H and O–H groups in total. The van der Waals surface area contributed by atoms with Gasteiger partial charge in [-0.15, -0.1) is 0 Å². The highest BCUT2D eigenvalue weighted by Gasteiger charge is 2.50. The second-order valence-corrected chi connectivity index (χ2v) is 10.2. The van der Waals surface area contributed by atoms with Crippen LogP contribution < -0.4 is 10.2 Å². The quantitative estimate of drug-likeness (QED) is 0.661. The highest BCUT2D eigenvalue weighted by atomic mass is 19.4. The van der Waals surface area contributed by atoms with Gasteiger partial charge in [0.2, 0.25) is 5.91 Å². The van der Waals surface area contributed by atoms with Crippen molar-refractivity contribution in [3.8, 4) is 0 Å². The minimum atomic E-state index is -4.52. The zero-order valence-corrected chi connectivity index (χ0v) is 20.5. The highest BCUT2D eigenvalue weighted by molar-refractivity contribution is 5.92. The zero-order chi connectivity index (χ0) is 25.4. The number of fused-ring (bicyclic) bond motifs is 1. The number of nitrogens with one attached hydrogen (secondary N) is 1. The van der Waals surface area contributed by atoms with E-state index in [0.29, 0.717) is 24.6 Å². The summed E-state index contributed by atoms with van der Waals surface area (Å²) in [6.45, 7) is 5.46. The van der Waals surface area contributed by atoms with Crippen LogP contribution in [-0.2, 0) is 27.0 Å². The van der Waals surface area contributed by atoms with E-state index < -0.39 is 23.2 Å². The van der Waals surface area contributed by atoms with E-state index in [0.717, 1.165) is 44.6 Å². The van der Waals surface area contributed by atoms with E-state index >= 15 is 0 Å². The van der Waals surface area contributed by atoms with Gasteiger partial charge in [0.05, 0.1) is 23.8 Å². The third kappa shape index (κ3) is 5.14. The van der Waals surface area contributed by atoms with Crippen LogP contribution in [0.2, 0.25) is 0 Å². The van der Waals surface area contributed by atoms with Gasteiger partial charge in [-0.1, -0.05) is 13.8 Å². The molecular weight excluding hydrogens is 463 g/mol. The molecule has 3 aliphatic rings. The molecule has 0 bridgehead atoms. The molecule has 0 radical (unpaired) electrons. The average Bonchev–Trinajstić information content (AvgIpc) is 3.27. The number of benzene rings is 1. The van der Waals surface area contributed by atoms with Gasteiger partial charge in [-0.05, 0) is 61.8 Å². The van der Waals surface area contributed by atoms with Gasteiger partial charge >= 0.3 is 12.3 Å². The molecule has 7 nitrogen and oxygen atoms in total. The Hall–Kier alpha value is -2.33. The molecule has 0 spiro atoms. The molecule has 1 aliphatic carbocycles. The Morgan fingerprint density at radius 1 is 1.17 bits per heavy atom. The number of alkyl halides is 3. The number of carbonyl (C=O) groups is 2. The Bertz CT molecular complexity index is 948. The SMILES string of the molecule is COC(=O)N1CN(C(=O)[C@@]2(C(C)C)CC[C@@H](NC3CCOCC3)C2)Cc2cc(C(F)(F)F)ccc21. The van der Waals surface area contributed by atoms with Crippen molar-refractivity contribution in [2.45, 2.75) is 70.8 Å². The van der Waals surface area contributed by atoms with Crippen molar-refractivity contribution in [1.82, 2.24) is 10.2 Å². The van der Waals surface area contributed by atoms with Gasteiger partial charge in [0.15, 0.2) is 0 Å². The Labute approximate surface area is 203 Å². The molecule has 35 heavy (non-hydrogen) atoms. The summed E-state index contributed by atoms with van der Waals surface area (Å²) in [6.07, 6.45) is -1.16. The predicted octanol–water partition coefficient (Wildman–Crippen LogP) is 4.54. The van der Waals surface area contributed by atoms with Crippen molar-refractivity contribution < 1.29 is 32.2 Å². The molecule has 2 heterocycles. The lowest BCUT2D eigenvalue weighted by Gasteiger charge is -2.42. The molecule has 2 atom stereocenters. The molecule has 0 aromatic heterocycles. The zero-order valence-electron chi connectivity index (χ0n) is 20.5. The van der Waals surface area contributed by atoms with E-state index in [2.05, 4.69) is 5.32 Å². The Balaban J connectivity index is 1.59. The molecule has 2 amide bonds. The molecule has 1 aromatic rings. The number of rotatable bonds is 4. The van der Waals surface area contributed by atoms with Crippen LogP contribution in [0, 0.1) is 11.3 Å². The molecule has 2 fully saturated rings. The van der Waals surface area contributed by atoms with E-state index in [4.69, 9.17) is 9.47 Å². The van der Waals surface area contributed by atoms with Crippen molar-refractivity contribution in [3.05, 3.63) is 29.3 Å². The van der Waals surface area contributed by atoms with Gasteiger partial charge in [-0.2, -0.15) is 13.2 Å². The molecule has 194 valence electrons. The van der Waals surface area contributed by atoms with Crippen LogP contribution in [-0.4, -0.2) is 56.0 Å². The minimum absolute atomic E-state index is 0.0120. The van der Waals surface area contributed by atoms with Crippen molar-refractivity contribution in [2.24, 2.45) is 11.3 Å². The third-order valence-corrected chi connectivity index (χ3v) is 7.83. The van der Waals surface area contributed by atoms with Gasteiger partial charge in [-0.25, -0.2) is 4.79 Å². The second kappa shape index (κ2) is 9.97. The maximum atomic E-state index is 14.0.